The van der Waals surface area contributed by atoms with Gasteiger partial charge in [-0.25, -0.2) is 4.98 Å². The van der Waals surface area contributed by atoms with E-state index in [2.05, 4.69) is 52.0 Å². The number of pyridine rings is 1. The van der Waals surface area contributed by atoms with Gasteiger partial charge < -0.3 is 19.1 Å². The van der Waals surface area contributed by atoms with Crippen molar-refractivity contribution in [2.75, 3.05) is 50.9 Å². The number of morpholine rings is 1. The lowest BCUT2D eigenvalue weighted by Gasteiger charge is -2.47. The Bertz CT molecular complexity index is 1050. The number of hydrogen-bond acceptors (Lipinski definition) is 7. The fourth-order valence-electron chi connectivity index (χ4n) is 5.18. The van der Waals surface area contributed by atoms with Crippen LogP contribution in [-0.4, -0.2) is 73.1 Å². The highest BCUT2D eigenvalue weighted by atomic mass is 16.6. The lowest BCUT2D eigenvalue weighted by Crippen LogP contribution is -2.57. The molecule has 1 aromatic carbocycles. The highest BCUT2D eigenvalue weighted by Gasteiger charge is 2.40. The summed E-state index contributed by atoms with van der Waals surface area (Å²) in [5.41, 5.74) is 3.37. The second-order valence-corrected chi connectivity index (χ2v) is 11.4. The van der Waals surface area contributed by atoms with Gasteiger partial charge in [0.2, 0.25) is 0 Å². The molecule has 38 heavy (non-hydrogen) atoms. The molecule has 0 radical (unpaired) electrons. The Balaban J connectivity index is 1.19. The van der Waals surface area contributed by atoms with E-state index in [1.165, 1.54) is 16.7 Å². The first-order chi connectivity index (χ1) is 18.3. The summed E-state index contributed by atoms with van der Waals surface area (Å²) in [7, 11) is 0. The minimum absolute atomic E-state index is 0.0714. The number of likely N-dealkylation sites (tertiary alicyclic amines) is 1. The fourth-order valence-corrected chi connectivity index (χ4v) is 5.18. The monoisotopic (exact) mass is 523 g/mol. The van der Waals surface area contributed by atoms with Crippen LogP contribution < -0.4 is 4.90 Å². The Kier molecular flexibility index (Phi) is 9.80. The average Bonchev–Trinajstić information content (AvgIpc) is 2.90. The zero-order chi connectivity index (χ0) is 27.0. The molecule has 2 aliphatic rings. The van der Waals surface area contributed by atoms with Crippen molar-refractivity contribution in [3.63, 3.8) is 0 Å². The van der Waals surface area contributed by atoms with Crippen LogP contribution in [0.4, 0.5) is 5.82 Å². The third-order valence-electron chi connectivity index (χ3n) is 7.87. The molecule has 0 saturated carbocycles. The van der Waals surface area contributed by atoms with Gasteiger partial charge in [0.05, 0.1) is 31.8 Å². The predicted octanol–water partition coefficient (Wildman–Crippen LogP) is 4.94. The maximum Gasteiger partial charge on any atom is 0.308 e. The first kappa shape index (κ1) is 28.5. The number of nitrogens with zero attached hydrogens (tertiary/aromatic N) is 3. The van der Waals surface area contributed by atoms with Crippen molar-refractivity contribution in [2.24, 2.45) is 0 Å². The zero-order valence-electron chi connectivity index (χ0n) is 23.7. The maximum absolute atomic E-state index is 12.0. The molecule has 0 bridgehead atoms. The molecule has 1 spiro atoms. The molecule has 2 aliphatic heterocycles. The average molecular weight is 524 g/mol. The number of aryl methyl sites for hydroxylation is 1. The van der Waals surface area contributed by atoms with E-state index in [1.54, 1.807) is 0 Å². The number of carbonyl (C=O) groups excluding carboxylic acids is 1. The third kappa shape index (κ3) is 8.26. The Morgan fingerprint density at radius 2 is 1.89 bits per heavy atom. The van der Waals surface area contributed by atoms with Gasteiger partial charge in [0.1, 0.15) is 11.4 Å². The van der Waals surface area contributed by atoms with Crippen LogP contribution in [-0.2, 0) is 32.0 Å². The van der Waals surface area contributed by atoms with Crippen molar-refractivity contribution in [2.45, 2.75) is 77.5 Å². The number of benzene rings is 1. The fraction of sp³-hybridized carbons (Fsp3) is 0.613. The van der Waals surface area contributed by atoms with Gasteiger partial charge in [-0.1, -0.05) is 31.2 Å². The van der Waals surface area contributed by atoms with Gasteiger partial charge in [-0.05, 0) is 75.3 Å². The van der Waals surface area contributed by atoms with Gasteiger partial charge in [0.15, 0.2) is 0 Å². The second-order valence-electron chi connectivity index (χ2n) is 11.4. The first-order valence-corrected chi connectivity index (χ1v) is 14.2. The molecule has 0 N–H and O–H groups in total. The topological polar surface area (TPSA) is 64.1 Å². The Hall–Kier alpha value is -2.48. The van der Waals surface area contributed by atoms with E-state index in [1.807, 2.05) is 33.0 Å². The predicted molar refractivity (Wildman–Crippen MR) is 150 cm³/mol. The van der Waals surface area contributed by atoms with Gasteiger partial charge >= 0.3 is 5.97 Å². The summed E-state index contributed by atoms with van der Waals surface area (Å²) in [4.78, 5) is 21.5. The molecular weight excluding hydrogens is 478 g/mol. The number of rotatable bonds is 11. The summed E-state index contributed by atoms with van der Waals surface area (Å²) in [5, 5.41) is 0. The minimum atomic E-state index is -0.408. The number of aromatic nitrogens is 1. The van der Waals surface area contributed by atoms with E-state index in [4.69, 9.17) is 14.2 Å². The maximum atomic E-state index is 12.0. The molecule has 0 unspecified atom stereocenters. The molecule has 2 saturated heterocycles. The SMILES string of the molecule is CCC(C)(C)OC(=O)CCOCCc1cccc(CN2CCC3(CC2)CN(c2cc(C)ccn2)CCO3)c1. The van der Waals surface area contributed by atoms with Crippen molar-refractivity contribution >= 4 is 11.8 Å². The van der Waals surface area contributed by atoms with Crippen molar-refractivity contribution < 1.29 is 19.0 Å². The van der Waals surface area contributed by atoms with E-state index >= 15 is 0 Å². The summed E-state index contributed by atoms with van der Waals surface area (Å²) < 4.78 is 17.6. The lowest BCUT2D eigenvalue weighted by molar-refractivity contribution is -0.157. The molecule has 0 amide bonds. The number of ether oxygens (including phenoxy) is 3. The van der Waals surface area contributed by atoms with E-state index in [0.717, 1.165) is 70.8 Å². The van der Waals surface area contributed by atoms with Crippen LogP contribution >= 0.6 is 0 Å². The molecule has 0 aliphatic carbocycles. The zero-order valence-corrected chi connectivity index (χ0v) is 23.7. The Morgan fingerprint density at radius 1 is 1.11 bits per heavy atom. The number of esters is 1. The molecule has 4 rings (SSSR count). The highest BCUT2D eigenvalue weighted by Crippen LogP contribution is 2.32. The van der Waals surface area contributed by atoms with Crippen molar-refractivity contribution in [3.05, 3.63) is 59.3 Å². The summed E-state index contributed by atoms with van der Waals surface area (Å²) in [6.07, 6.45) is 5.92. The van der Waals surface area contributed by atoms with E-state index in [9.17, 15) is 4.79 Å². The minimum Gasteiger partial charge on any atom is -0.460 e. The third-order valence-corrected chi connectivity index (χ3v) is 7.87. The Morgan fingerprint density at radius 3 is 2.66 bits per heavy atom. The molecule has 7 heteroatoms. The lowest BCUT2D eigenvalue weighted by atomic mass is 9.89. The molecule has 0 atom stereocenters. The number of anilines is 1. The molecule has 208 valence electrons. The molecule has 1 aromatic heterocycles. The summed E-state index contributed by atoms with van der Waals surface area (Å²) in [5.74, 6) is 0.872. The number of hydrogen-bond donors (Lipinski definition) is 0. The molecule has 2 fully saturated rings. The standard InChI is InChI=1S/C31H45N3O4/c1-5-30(3,4)38-29(35)11-19-36-18-10-26-7-6-8-27(22-26)23-33-15-12-31(13-16-33)24-34(17-20-37-31)28-21-25(2)9-14-32-28/h6-9,14,21-22H,5,10-13,15-20,23-24H2,1-4H3. The van der Waals surface area contributed by atoms with Gasteiger partial charge in [0, 0.05) is 38.9 Å². The van der Waals surface area contributed by atoms with Gasteiger partial charge in [-0.2, -0.15) is 0 Å². The van der Waals surface area contributed by atoms with Crippen molar-refractivity contribution in [3.8, 4) is 0 Å². The summed E-state index contributed by atoms with van der Waals surface area (Å²) in [6, 6.07) is 13.0. The van der Waals surface area contributed by atoms with Crippen LogP contribution in [0.2, 0.25) is 0 Å². The summed E-state index contributed by atoms with van der Waals surface area (Å²) in [6.45, 7) is 14.6. The first-order valence-electron chi connectivity index (χ1n) is 14.2. The molecule has 7 nitrogen and oxygen atoms in total. The van der Waals surface area contributed by atoms with Crippen molar-refractivity contribution in [1.29, 1.82) is 0 Å². The number of piperidine rings is 1. The van der Waals surface area contributed by atoms with Crippen LogP contribution in [0.1, 0.15) is 63.1 Å². The van der Waals surface area contributed by atoms with E-state index in [0.29, 0.717) is 19.6 Å². The molecule has 3 heterocycles. The van der Waals surface area contributed by atoms with Crippen LogP contribution in [0.3, 0.4) is 0 Å². The summed E-state index contributed by atoms with van der Waals surface area (Å²) >= 11 is 0. The second kappa shape index (κ2) is 13.0. The van der Waals surface area contributed by atoms with Crippen LogP contribution in [0.15, 0.2) is 42.6 Å². The van der Waals surface area contributed by atoms with Gasteiger partial charge in [-0.15, -0.1) is 0 Å². The van der Waals surface area contributed by atoms with Crippen molar-refractivity contribution in [1.82, 2.24) is 9.88 Å². The highest BCUT2D eigenvalue weighted by molar-refractivity contribution is 5.69. The quantitative estimate of drug-likeness (QED) is 0.305. The van der Waals surface area contributed by atoms with E-state index < -0.39 is 5.60 Å². The number of carbonyl (C=O) groups is 1. The van der Waals surface area contributed by atoms with Gasteiger partial charge in [-0.3, -0.25) is 9.69 Å². The molecule has 2 aromatic rings. The Labute approximate surface area is 228 Å². The largest absolute Gasteiger partial charge is 0.460 e. The smallest absolute Gasteiger partial charge is 0.308 e. The van der Waals surface area contributed by atoms with Crippen LogP contribution in [0.25, 0.3) is 0 Å². The van der Waals surface area contributed by atoms with Gasteiger partial charge in [0.25, 0.3) is 0 Å². The normalized spacial score (nSPS) is 18.1. The van der Waals surface area contributed by atoms with Crippen LogP contribution in [0, 0.1) is 6.92 Å². The molecular formula is C31H45N3O4. The van der Waals surface area contributed by atoms with E-state index in [-0.39, 0.29) is 11.6 Å². The van der Waals surface area contributed by atoms with Crippen LogP contribution in [0.5, 0.6) is 0 Å².